The fourth-order valence-corrected chi connectivity index (χ4v) is 4.29. The van der Waals surface area contributed by atoms with Crippen LogP contribution in [0.3, 0.4) is 0 Å². The second-order valence-electron chi connectivity index (χ2n) is 8.30. The van der Waals surface area contributed by atoms with Gasteiger partial charge in [-0.25, -0.2) is 9.18 Å². The highest BCUT2D eigenvalue weighted by molar-refractivity contribution is 6.33. The zero-order valence-corrected chi connectivity index (χ0v) is 18.7. The van der Waals surface area contributed by atoms with Gasteiger partial charge in [0.25, 0.3) is 5.91 Å². The largest absolute Gasteiger partial charge is 0.379 e. The Morgan fingerprint density at radius 2 is 1.91 bits per heavy atom. The van der Waals surface area contributed by atoms with Gasteiger partial charge in [0.2, 0.25) is 0 Å². The Kier molecular flexibility index (Phi) is 6.82. The van der Waals surface area contributed by atoms with E-state index in [-0.39, 0.29) is 37.9 Å². The summed E-state index contributed by atoms with van der Waals surface area (Å²) in [5, 5.41) is 14.7. The summed E-state index contributed by atoms with van der Waals surface area (Å²) in [7, 11) is 0. The first kappa shape index (κ1) is 23.0. The molecule has 9 heteroatoms. The summed E-state index contributed by atoms with van der Waals surface area (Å²) in [5.74, 6) is -0.249. The maximum absolute atomic E-state index is 15.5. The molecule has 2 aliphatic rings. The molecule has 4 rings (SSSR count). The highest BCUT2D eigenvalue weighted by atomic mass is 35.5. The molecule has 2 aromatic rings. The summed E-state index contributed by atoms with van der Waals surface area (Å²) in [6, 6.07) is 12.7. The maximum atomic E-state index is 15.5. The Labute approximate surface area is 196 Å². The third kappa shape index (κ3) is 5.27. The van der Waals surface area contributed by atoms with E-state index < -0.39 is 11.7 Å². The van der Waals surface area contributed by atoms with Gasteiger partial charge >= 0.3 is 6.03 Å². The van der Waals surface area contributed by atoms with Crippen molar-refractivity contribution in [3.05, 3.63) is 64.2 Å². The molecule has 172 valence electrons. The third-order valence-corrected chi connectivity index (χ3v) is 6.43. The Bertz CT molecular complexity index is 1070. The molecule has 2 saturated heterocycles. The number of halogens is 2. The van der Waals surface area contributed by atoms with Gasteiger partial charge in [0.05, 0.1) is 35.0 Å². The van der Waals surface area contributed by atoms with Crippen LogP contribution in [0.1, 0.15) is 40.7 Å². The molecule has 0 aromatic heterocycles. The number of hydrogen-bond acceptors (Lipinski definition) is 4. The average molecular weight is 471 g/mol. The van der Waals surface area contributed by atoms with Gasteiger partial charge < -0.3 is 20.3 Å². The second kappa shape index (κ2) is 9.77. The molecule has 2 aliphatic heterocycles. The van der Waals surface area contributed by atoms with E-state index >= 15 is 4.39 Å². The number of likely N-dealkylation sites (tertiary alicyclic amines) is 1. The van der Waals surface area contributed by atoms with E-state index in [0.717, 1.165) is 6.42 Å². The quantitative estimate of drug-likeness (QED) is 0.699. The van der Waals surface area contributed by atoms with Crippen LogP contribution in [0, 0.1) is 11.3 Å². The number of piperidine rings is 1. The lowest BCUT2D eigenvalue weighted by molar-refractivity contribution is 0.0421. The fourth-order valence-electron chi connectivity index (χ4n) is 4.13. The summed E-state index contributed by atoms with van der Waals surface area (Å²) in [6.07, 6.45) is 1.07. The number of alkyl halides is 1. The number of nitriles is 1. The van der Waals surface area contributed by atoms with Crippen molar-refractivity contribution in [2.75, 3.05) is 31.6 Å². The number of amides is 3. The van der Waals surface area contributed by atoms with Gasteiger partial charge in [-0.2, -0.15) is 5.26 Å². The average Bonchev–Trinajstić information content (AvgIpc) is 3.33. The molecule has 1 atom stereocenters. The molecular weight excluding hydrogens is 447 g/mol. The molecule has 3 amide bonds. The Hall–Kier alpha value is -3.15. The van der Waals surface area contributed by atoms with Crippen LogP contribution in [-0.2, 0) is 10.4 Å². The van der Waals surface area contributed by atoms with Crippen LogP contribution >= 0.6 is 11.6 Å². The molecule has 0 aliphatic carbocycles. The van der Waals surface area contributed by atoms with E-state index in [1.807, 2.05) is 6.07 Å². The minimum Gasteiger partial charge on any atom is -0.379 e. The number of carbonyl (C=O) groups excluding carboxylic acids is 2. The van der Waals surface area contributed by atoms with Crippen LogP contribution in [0.4, 0.5) is 14.9 Å². The number of urea groups is 1. The molecule has 2 aromatic carbocycles. The third-order valence-electron chi connectivity index (χ3n) is 6.10. The molecule has 2 heterocycles. The minimum atomic E-state index is -1.54. The zero-order chi connectivity index (χ0) is 23.4. The highest BCUT2D eigenvalue weighted by Crippen LogP contribution is 2.37. The van der Waals surface area contributed by atoms with Crippen LogP contribution in [0.5, 0.6) is 0 Å². The van der Waals surface area contributed by atoms with Gasteiger partial charge in [-0.1, -0.05) is 23.7 Å². The number of ether oxygens (including phenoxy) is 1. The van der Waals surface area contributed by atoms with Crippen LogP contribution < -0.4 is 10.6 Å². The van der Waals surface area contributed by atoms with Gasteiger partial charge in [-0.3, -0.25) is 4.79 Å². The molecule has 0 bridgehead atoms. The van der Waals surface area contributed by atoms with E-state index in [9.17, 15) is 9.59 Å². The fraction of sp³-hybridized carbons (Fsp3) is 0.375. The summed E-state index contributed by atoms with van der Waals surface area (Å²) < 4.78 is 20.8. The number of hydrogen-bond donors (Lipinski definition) is 2. The number of anilines is 1. The number of carbonyl (C=O) groups is 2. The number of nitrogens with one attached hydrogen (secondary N) is 2. The highest BCUT2D eigenvalue weighted by Gasteiger charge is 2.37. The van der Waals surface area contributed by atoms with Gasteiger partial charge in [0.1, 0.15) is 5.67 Å². The van der Waals surface area contributed by atoms with E-state index in [4.69, 9.17) is 21.6 Å². The Balaban J connectivity index is 1.39. The monoisotopic (exact) mass is 470 g/mol. The first-order valence-corrected chi connectivity index (χ1v) is 11.2. The minimum absolute atomic E-state index is 0.0565. The molecule has 2 N–H and O–H groups in total. The number of rotatable bonds is 4. The zero-order valence-electron chi connectivity index (χ0n) is 17.9. The molecule has 0 radical (unpaired) electrons. The SMILES string of the molecule is N#Cc1ccc(C2(F)CCN(C(=O)c3ccc(Cl)c(NC(=O)NC4CCOC4)c3)CC2)cc1. The lowest BCUT2D eigenvalue weighted by Crippen LogP contribution is -2.43. The standard InChI is InChI=1S/C24H24ClFN4O3/c25-20-6-3-17(13-21(20)29-23(32)28-19-7-12-33-15-19)22(31)30-10-8-24(26,9-11-30)18-4-1-16(14-27)2-5-18/h1-6,13,19H,7-12,15H2,(H2,28,29,32). The van der Waals surface area contributed by atoms with Crippen LogP contribution in [-0.4, -0.2) is 49.2 Å². The van der Waals surface area contributed by atoms with Gasteiger partial charge in [0, 0.05) is 38.1 Å². The Morgan fingerprint density at radius 1 is 1.18 bits per heavy atom. The summed E-state index contributed by atoms with van der Waals surface area (Å²) in [4.78, 5) is 26.9. The summed E-state index contributed by atoms with van der Waals surface area (Å²) in [6.45, 7) is 1.58. The normalized spacial score (nSPS) is 19.5. The van der Waals surface area contributed by atoms with Crippen LogP contribution in [0.2, 0.25) is 5.02 Å². The van der Waals surface area contributed by atoms with Crippen molar-refractivity contribution < 1.29 is 18.7 Å². The first-order chi connectivity index (χ1) is 15.9. The lowest BCUT2D eigenvalue weighted by atomic mass is 9.85. The van der Waals surface area contributed by atoms with E-state index in [0.29, 0.717) is 40.6 Å². The molecule has 33 heavy (non-hydrogen) atoms. The number of benzene rings is 2. The van der Waals surface area contributed by atoms with Gasteiger partial charge in [-0.15, -0.1) is 0 Å². The second-order valence-corrected chi connectivity index (χ2v) is 8.71. The summed E-state index contributed by atoms with van der Waals surface area (Å²) in [5.41, 5.74) is 0.147. The Morgan fingerprint density at radius 3 is 2.55 bits per heavy atom. The molecular formula is C24H24ClFN4O3. The van der Waals surface area contributed by atoms with E-state index in [1.165, 1.54) is 6.07 Å². The van der Waals surface area contributed by atoms with Crippen molar-refractivity contribution in [3.8, 4) is 6.07 Å². The topological polar surface area (TPSA) is 94.5 Å². The molecule has 0 spiro atoms. The lowest BCUT2D eigenvalue weighted by Gasteiger charge is -2.36. The molecule has 0 saturated carbocycles. The molecule has 1 unspecified atom stereocenters. The molecule has 7 nitrogen and oxygen atoms in total. The van der Waals surface area contributed by atoms with Crippen molar-refractivity contribution in [1.29, 1.82) is 5.26 Å². The van der Waals surface area contributed by atoms with Crippen molar-refractivity contribution >= 4 is 29.2 Å². The van der Waals surface area contributed by atoms with E-state index in [1.54, 1.807) is 41.3 Å². The first-order valence-electron chi connectivity index (χ1n) is 10.8. The number of nitrogens with zero attached hydrogens (tertiary/aromatic N) is 2. The van der Waals surface area contributed by atoms with Crippen molar-refractivity contribution in [3.63, 3.8) is 0 Å². The maximum Gasteiger partial charge on any atom is 0.319 e. The predicted octanol–water partition coefficient (Wildman–Crippen LogP) is 4.22. The predicted molar refractivity (Wildman–Crippen MR) is 122 cm³/mol. The van der Waals surface area contributed by atoms with Crippen molar-refractivity contribution in [2.24, 2.45) is 0 Å². The van der Waals surface area contributed by atoms with Crippen molar-refractivity contribution in [2.45, 2.75) is 31.0 Å². The van der Waals surface area contributed by atoms with Crippen LogP contribution in [0.15, 0.2) is 42.5 Å². The van der Waals surface area contributed by atoms with Gasteiger partial charge in [-0.05, 0) is 42.3 Å². The van der Waals surface area contributed by atoms with Crippen LogP contribution in [0.25, 0.3) is 0 Å². The van der Waals surface area contributed by atoms with Crippen molar-refractivity contribution in [1.82, 2.24) is 10.2 Å². The summed E-state index contributed by atoms with van der Waals surface area (Å²) >= 11 is 6.21. The van der Waals surface area contributed by atoms with E-state index in [2.05, 4.69) is 10.6 Å². The van der Waals surface area contributed by atoms with Gasteiger partial charge in [0.15, 0.2) is 0 Å². The molecule has 2 fully saturated rings. The smallest absolute Gasteiger partial charge is 0.319 e.